The molecule has 0 radical (unpaired) electrons. The number of rotatable bonds is 1. The summed E-state index contributed by atoms with van der Waals surface area (Å²) in [5.74, 6) is 0. The van der Waals surface area contributed by atoms with Crippen molar-refractivity contribution < 1.29 is 0 Å². The zero-order chi connectivity index (χ0) is 21.5. The zero-order valence-corrected chi connectivity index (χ0v) is 19.6. The Morgan fingerprint density at radius 2 is 1.35 bits per heavy atom. The van der Waals surface area contributed by atoms with E-state index in [4.69, 9.17) is 0 Å². The molecule has 0 atom stereocenters. The Bertz CT molecular complexity index is 1530. The lowest BCUT2D eigenvalue weighted by molar-refractivity contribution is 0.660. The summed E-state index contributed by atoms with van der Waals surface area (Å²) in [6.45, 7) is 11.6. The molecule has 0 aliphatic heterocycles. The molecule has 0 fully saturated rings. The Morgan fingerprint density at radius 1 is 0.613 bits per heavy atom. The van der Waals surface area contributed by atoms with Gasteiger partial charge in [-0.05, 0) is 76.9 Å². The van der Waals surface area contributed by atoms with Crippen molar-refractivity contribution in [2.24, 2.45) is 0 Å². The molecule has 5 aromatic rings. The van der Waals surface area contributed by atoms with E-state index in [-0.39, 0.29) is 5.41 Å². The van der Waals surface area contributed by atoms with Crippen LogP contribution in [0.25, 0.3) is 42.4 Å². The molecule has 0 nitrogen and oxygen atoms in total. The van der Waals surface area contributed by atoms with E-state index in [0.717, 1.165) is 0 Å². The summed E-state index contributed by atoms with van der Waals surface area (Å²) >= 11 is 1.92. The molecular formula is C30H26S. The molecule has 0 saturated carbocycles. The predicted molar refractivity (Wildman–Crippen MR) is 137 cm³/mol. The van der Waals surface area contributed by atoms with Crippen molar-refractivity contribution in [1.82, 2.24) is 0 Å². The van der Waals surface area contributed by atoms with Crippen LogP contribution in [0.15, 0.2) is 66.7 Å². The second kappa shape index (κ2) is 6.31. The van der Waals surface area contributed by atoms with Gasteiger partial charge < -0.3 is 0 Å². The molecular weight excluding hydrogens is 392 g/mol. The van der Waals surface area contributed by atoms with Gasteiger partial charge in [0, 0.05) is 25.6 Å². The first kappa shape index (κ1) is 18.8. The fourth-order valence-corrected chi connectivity index (χ4v) is 6.90. The van der Waals surface area contributed by atoms with Gasteiger partial charge in [-0.15, -0.1) is 11.3 Å². The van der Waals surface area contributed by atoms with Crippen LogP contribution in [0.3, 0.4) is 0 Å². The van der Waals surface area contributed by atoms with E-state index >= 15 is 0 Å². The van der Waals surface area contributed by atoms with Gasteiger partial charge in [-0.3, -0.25) is 0 Å². The smallest absolute Gasteiger partial charge is 0.0390 e. The lowest BCUT2D eigenvalue weighted by Gasteiger charge is -2.22. The maximum atomic E-state index is 2.37. The lowest BCUT2D eigenvalue weighted by Crippen LogP contribution is -2.15. The van der Waals surface area contributed by atoms with E-state index in [1.54, 1.807) is 0 Å². The van der Waals surface area contributed by atoms with Crippen LogP contribution in [0.2, 0.25) is 0 Å². The molecule has 1 aromatic heterocycles. The third-order valence-corrected chi connectivity index (χ3v) is 8.65. The van der Waals surface area contributed by atoms with Gasteiger partial charge in [-0.2, -0.15) is 0 Å². The monoisotopic (exact) mass is 418 g/mol. The summed E-state index contributed by atoms with van der Waals surface area (Å²) in [4.78, 5) is 0. The molecule has 1 aliphatic rings. The summed E-state index contributed by atoms with van der Waals surface area (Å²) < 4.78 is 2.79. The van der Waals surface area contributed by atoms with E-state index < -0.39 is 0 Å². The largest absolute Gasteiger partial charge is 0.135 e. The zero-order valence-electron chi connectivity index (χ0n) is 18.8. The third-order valence-electron chi connectivity index (χ3n) is 7.35. The van der Waals surface area contributed by atoms with E-state index in [1.807, 2.05) is 11.3 Å². The van der Waals surface area contributed by atoms with Crippen molar-refractivity contribution in [2.45, 2.75) is 40.0 Å². The highest BCUT2D eigenvalue weighted by atomic mass is 32.1. The van der Waals surface area contributed by atoms with Crippen molar-refractivity contribution >= 4 is 31.5 Å². The van der Waals surface area contributed by atoms with Gasteiger partial charge in [0.05, 0.1) is 0 Å². The Hall–Kier alpha value is -2.90. The quantitative estimate of drug-likeness (QED) is 0.255. The summed E-state index contributed by atoms with van der Waals surface area (Å²) in [6.07, 6.45) is 0. The predicted octanol–water partition coefficient (Wildman–Crippen LogP) is 8.95. The SMILES string of the molecule is Cc1cccc2c1-c1c(ccc(C)c1-c1ccc3c(sc4ccccc43)c1C)C2(C)C. The van der Waals surface area contributed by atoms with Crippen LogP contribution in [0.4, 0.5) is 0 Å². The first-order valence-corrected chi connectivity index (χ1v) is 11.9. The lowest BCUT2D eigenvalue weighted by atomic mass is 9.81. The van der Waals surface area contributed by atoms with E-state index in [0.29, 0.717) is 0 Å². The Labute approximate surface area is 188 Å². The molecule has 1 heterocycles. The van der Waals surface area contributed by atoms with E-state index in [1.165, 1.54) is 70.2 Å². The normalized spacial score (nSPS) is 14.2. The van der Waals surface area contributed by atoms with Crippen LogP contribution < -0.4 is 0 Å². The number of aryl methyl sites for hydroxylation is 3. The maximum Gasteiger partial charge on any atom is 0.0390 e. The average molecular weight is 419 g/mol. The highest BCUT2D eigenvalue weighted by Gasteiger charge is 2.38. The number of thiophene rings is 1. The molecule has 31 heavy (non-hydrogen) atoms. The molecule has 0 bridgehead atoms. The molecule has 6 rings (SSSR count). The van der Waals surface area contributed by atoms with Crippen LogP contribution in [-0.4, -0.2) is 0 Å². The number of hydrogen-bond acceptors (Lipinski definition) is 1. The summed E-state index contributed by atoms with van der Waals surface area (Å²) in [5, 5.41) is 2.75. The second-order valence-corrected chi connectivity index (χ2v) is 10.6. The van der Waals surface area contributed by atoms with Gasteiger partial charge in [0.2, 0.25) is 0 Å². The van der Waals surface area contributed by atoms with Gasteiger partial charge >= 0.3 is 0 Å². The Balaban J connectivity index is 1.73. The Kier molecular flexibility index (Phi) is 3.83. The fraction of sp³-hybridized carbons (Fsp3) is 0.200. The van der Waals surface area contributed by atoms with Gasteiger partial charge in [0.25, 0.3) is 0 Å². The molecule has 0 unspecified atom stereocenters. The molecule has 0 N–H and O–H groups in total. The minimum absolute atomic E-state index is 0.0226. The molecule has 1 aliphatic carbocycles. The standard InChI is InChI=1S/C30H26S/c1-17-9-8-11-23-27(17)28-24(30(23,4)5)16-13-18(2)26(28)20-14-15-22-21-10-6-7-12-25(21)31-29(22)19(20)3/h6-16H,1-5H3. The van der Waals surface area contributed by atoms with Gasteiger partial charge in [-0.25, -0.2) is 0 Å². The highest BCUT2D eigenvalue weighted by molar-refractivity contribution is 7.26. The van der Waals surface area contributed by atoms with E-state index in [9.17, 15) is 0 Å². The summed E-state index contributed by atoms with van der Waals surface area (Å²) in [7, 11) is 0. The van der Waals surface area contributed by atoms with Crippen molar-refractivity contribution in [1.29, 1.82) is 0 Å². The topological polar surface area (TPSA) is 0 Å². The van der Waals surface area contributed by atoms with E-state index in [2.05, 4.69) is 101 Å². The van der Waals surface area contributed by atoms with Crippen LogP contribution in [0.1, 0.15) is 41.7 Å². The van der Waals surface area contributed by atoms with Crippen LogP contribution in [-0.2, 0) is 5.41 Å². The fourth-order valence-electron chi connectivity index (χ4n) is 5.69. The molecule has 0 spiro atoms. The molecule has 152 valence electrons. The molecule has 0 saturated heterocycles. The average Bonchev–Trinajstić information content (AvgIpc) is 3.24. The first-order chi connectivity index (χ1) is 14.9. The summed E-state index contributed by atoms with van der Waals surface area (Å²) in [5.41, 5.74) is 12.7. The first-order valence-electron chi connectivity index (χ1n) is 11.1. The highest BCUT2D eigenvalue weighted by Crippen LogP contribution is 2.54. The van der Waals surface area contributed by atoms with Crippen LogP contribution >= 0.6 is 11.3 Å². The van der Waals surface area contributed by atoms with Crippen molar-refractivity contribution in [3.63, 3.8) is 0 Å². The number of fused-ring (bicyclic) bond motifs is 6. The third kappa shape index (κ3) is 2.41. The van der Waals surface area contributed by atoms with Crippen LogP contribution in [0.5, 0.6) is 0 Å². The molecule has 0 amide bonds. The van der Waals surface area contributed by atoms with Gasteiger partial charge in [0.1, 0.15) is 0 Å². The minimum atomic E-state index is 0.0226. The molecule has 4 aromatic carbocycles. The van der Waals surface area contributed by atoms with Crippen LogP contribution in [0, 0.1) is 20.8 Å². The maximum absolute atomic E-state index is 2.37. The van der Waals surface area contributed by atoms with Crippen molar-refractivity contribution in [2.75, 3.05) is 0 Å². The number of benzene rings is 4. The van der Waals surface area contributed by atoms with Gasteiger partial charge in [0.15, 0.2) is 0 Å². The van der Waals surface area contributed by atoms with Crippen molar-refractivity contribution in [3.8, 4) is 22.3 Å². The Morgan fingerprint density at radius 3 is 2.19 bits per heavy atom. The van der Waals surface area contributed by atoms with Crippen molar-refractivity contribution in [3.05, 3.63) is 94.5 Å². The second-order valence-electron chi connectivity index (χ2n) is 9.52. The summed E-state index contributed by atoms with van der Waals surface area (Å²) in [6, 6.07) is 25.0. The van der Waals surface area contributed by atoms with Gasteiger partial charge in [-0.1, -0.05) is 74.5 Å². The molecule has 1 heteroatoms. The number of hydrogen-bond donors (Lipinski definition) is 0. The minimum Gasteiger partial charge on any atom is -0.135 e.